The molecule has 9 atom stereocenters. The second-order valence-corrected chi connectivity index (χ2v) is 11.1. The lowest BCUT2D eigenvalue weighted by molar-refractivity contribution is -0.168. The Morgan fingerprint density at radius 3 is 2.50 bits per heavy atom. The second kappa shape index (κ2) is 10.5. The summed E-state index contributed by atoms with van der Waals surface area (Å²) in [5.74, 6) is -0.266. The van der Waals surface area contributed by atoms with E-state index in [-0.39, 0.29) is 34.1 Å². The van der Waals surface area contributed by atoms with Crippen LogP contribution in [-0.4, -0.2) is 104 Å². The molecule has 5 unspecified atom stereocenters. The molecule has 226 valence electrons. The number of aromatic amines is 1. The largest absolute Gasteiger partial charge is 0.394 e. The maximum Gasteiger partial charge on any atom is 0.354 e. The molecular weight excluding hydrogens is 593 g/mol. The predicted molar refractivity (Wildman–Crippen MR) is 134 cm³/mol. The van der Waals surface area contributed by atoms with Gasteiger partial charge in [0.1, 0.15) is 30.2 Å². The van der Waals surface area contributed by atoms with E-state index in [4.69, 9.17) is 30.2 Å². The number of ether oxygens (including phenoxy) is 3. The highest BCUT2D eigenvalue weighted by Gasteiger charge is 2.51. The molecule has 6 heterocycles. The van der Waals surface area contributed by atoms with Gasteiger partial charge in [0, 0.05) is 0 Å². The summed E-state index contributed by atoms with van der Waals surface area (Å²) in [6, 6.07) is 0. The summed E-state index contributed by atoms with van der Waals surface area (Å²) in [6.07, 6.45) is -12.1. The van der Waals surface area contributed by atoms with Crippen LogP contribution in [-0.2, 0) is 23.3 Å². The zero-order chi connectivity index (χ0) is 29.9. The Kier molecular flexibility index (Phi) is 7.14. The van der Waals surface area contributed by atoms with E-state index >= 15 is 8.78 Å². The van der Waals surface area contributed by atoms with Crippen molar-refractivity contribution in [3.05, 3.63) is 29.3 Å². The van der Waals surface area contributed by atoms with Gasteiger partial charge in [0.2, 0.25) is 5.95 Å². The van der Waals surface area contributed by atoms with Crippen LogP contribution in [0.4, 0.5) is 20.5 Å². The number of hydrogen-bond acceptors (Lipinski definition) is 15. The number of imidazole rings is 2. The van der Waals surface area contributed by atoms with Gasteiger partial charge >= 0.3 is 7.60 Å². The van der Waals surface area contributed by atoms with Crippen LogP contribution < -0.4 is 17.0 Å². The Bertz CT molecular complexity index is 1740. The van der Waals surface area contributed by atoms with Crippen molar-refractivity contribution in [1.82, 2.24) is 39.0 Å². The summed E-state index contributed by atoms with van der Waals surface area (Å²) in [5, 5.41) is 19.9. The van der Waals surface area contributed by atoms with E-state index in [1.165, 1.54) is 0 Å². The van der Waals surface area contributed by atoms with Crippen molar-refractivity contribution in [2.45, 2.75) is 49.4 Å². The molecule has 8 N–H and O–H groups in total. The zero-order valence-corrected chi connectivity index (χ0v) is 21.9. The maximum atomic E-state index is 15.2. The van der Waals surface area contributed by atoms with Crippen molar-refractivity contribution in [1.29, 1.82) is 0 Å². The smallest absolute Gasteiger partial charge is 0.354 e. The third kappa shape index (κ3) is 4.78. The predicted octanol–water partition coefficient (Wildman–Crippen LogP) is -1.55. The van der Waals surface area contributed by atoms with Gasteiger partial charge < -0.3 is 40.8 Å². The number of aromatic nitrogens is 8. The van der Waals surface area contributed by atoms with Gasteiger partial charge in [-0.05, 0) is 0 Å². The monoisotopic (exact) mass is 616 g/mol. The molecule has 19 nitrogen and oxygen atoms in total. The van der Waals surface area contributed by atoms with Gasteiger partial charge in [0.15, 0.2) is 60.1 Å². The standard InChI is InChI=1S/C20H23F2N10O9P/c21-7-6(1-33)39-18(32-4-28-10-15(32)29-20(24)30-16(10)35)12(7)41-42(36,37)5-38-19-11(34)8(22)17(40-19)31-3-27-9-13(23)25-2-26-14(9)31/h2-4,6-8,11-12,17-19,33-34H,1,5H2,(H,36,37)(H2,23,25,26)(H3,24,29,30,35)/t6-,7?,8?,11?,12?,17-,18-,19+/m1/s1. The maximum absolute atomic E-state index is 15.2. The molecule has 0 saturated carbocycles. The summed E-state index contributed by atoms with van der Waals surface area (Å²) in [6.45, 7) is -0.826. The number of aliphatic hydroxyl groups is 2. The molecule has 0 aliphatic carbocycles. The highest BCUT2D eigenvalue weighted by atomic mass is 31.2. The molecule has 0 radical (unpaired) electrons. The molecule has 0 spiro atoms. The van der Waals surface area contributed by atoms with Crippen LogP contribution in [0.1, 0.15) is 12.5 Å². The molecule has 4 aromatic heterocycles. The minimum Gasteiger partial charge on any atom is -0.394 e. The van der Waals surface area contributed by atoms with Gasteiger partial charge in [0.25, 0.3) is 5.56 Å². The lowest BCUT2D eigenvalue weighted by Crippen LogP contribution is -2.33. The summed E-state index contributed by atoms with van der Waals surface area (Å²) < 4.78 is 66.8. The topological polar surface area (TPSA) is 274 Å². The fourth-order valence-corrected chi connectivity index (χ4v) is 5.72. The number of H-pyrrole nitrogens is 1. The fourth-order valence-electron chi connectivity index (χ4n) is 4.72. The van der Waals surface area contributed by atoms with E-state index < -0.39 is 75.5 Å². The molecule has 42 heavy (non-hydrogen) atoms. The van der Waals surface area contributed by atoms with Gasteiger partial charge in [0.05, 0.1) is 19.3 Å². The summed E-state index contributed by atoms with van der Waals surface area (Å²) in [5.41, 5.74) is 10.6. The molecule has 2 fully saturated rings. The normalized spacial score (nSPS) is 31.3. The van der Waals surface area contributed by atoms with Crippen LogP contribution in [0.25, 0.3) is 22.3 Å². The first-order valence-corrected chi connectivity index (χ1v) is 13.9. The average molecular weight is 616 g/mol. The van der Waals surface area contributed by atoms with Crippen molar-refractivity contribution in [3.8, 4) is 0 Å². The van der Waals surface area contributed by atoms with E-state index in [1.54, 1.807) is 0 Å². The number of fused-ring (bicyclic) bond motifs is 2. The molecule has 2 saturated heterocycles. The van der Waals surface area contributed by atoms with Crippen molar-refractivity contribution in [2.24, 2.45) is 0 Å². The van der Waals surface area contributed by atoms with Crippen LogP contribution in [0.5, 0.6) is 0 Å². The second-order valence-electron chi connectivity index (χ2n) is 9.38. The van der Waals surface area contributed by atoms with Crippen LogP contribution in [0.3, 0.4) is 0 Å². The fraction of sp³-hybridized carbons (Fsp3) is 0.500. The first-order valence-electron chi connectivity index (χ1n) is 12.1. The minimum atomic E-state index is -4.90. The van der Waals surface area contributed by atoms with Crippen LogP contribution in [0, 0.1) is 0 Å². The third-order valence-corrected chi connectivity index (χ3v) is 7.72. The van der Waals surface area contributed by atoms with Crippen LogP contribution in [0.15, 0.2) is 23.8 Å². The molecule has 4 aromatic rings. The number of halogens is 2. The van der Waals surface area contributed by atoms with Crippen molar-refractivity contribution in [3.63, 3.8) is 0 Å². The van der Waals surface area contributed by atoms with Gasteiger partial charge in [-0.3, -0.25) is 28.0 Å². The Morgan fingerprint density at radius 2 is 1.76 bits per heavy atom. The lowest BCUT2D eigenvalue weighted by atomic mass is 10.1. The number of nitrogens with two attached hydrogens (primary N) is 2. The highest BCUT2D eigenvalue weighted by Crippen LogP contribution is 2.50. The van der Waals surface area contributed by atoms with E-state index in [9.17, 15) is 24.5 Å². The Morgan fingerprint density at radius 1 is 1.05 bits per heavy atom. The van der Waals surface area contributed by atoms with E-state index in [1.807, 2.05) is 0 Å². The van der Waals surface area contributed by atoms with E-state index in [0.29, 0.717) is 0 Å². The molecule has 2 aliphatic rings. The van der Waals surface area contributed by atoms with Gasteiger partial charge in [-0.25, -0.2) is 28.7 Å². The molecule has 0 amide bonds. The summed E-state index contributed by atoms with van der Waals surface area (Å²) in [4.78, 5) is 44.5. The van der Waals surface area contributed by atoms with Gasteiger partial charge in [-0.1, -0.05) is 0 Å². The molecule has 0 aromatic carbocycles. The first kappa shape index (κ1) is 28.4. The number of alkyl halides is 2. The quantitative estimate of drug-likeness (QED) is 0.122. The molecule has 0 bridgehead atoms. The Labute approximate surface area is 231 Å². The highest BCUT2D eigenvalue weighted by molar-refractivity contribution is 7.52. The SMILES string of the molecule is Nc1nc2c(ncn2[C@@H]2O[C@H](CO)C(F)C2OP(=O)(O)CO[C@H]2O[C@@H](n3cnc4c(N)ncnc43)C(F)C2O)c(=O)[nH]1. The number of aliphatic hydroxyl groups excluding tert-OH is 2. The minimum absolute atomic E-state index is 0.0254. The van der Waals surface area contributed by atoms with Crippen LogP contribution in [0.2, 0.25) is 0 Å². The number of hydrogen-bond donors (Lipinski definition) is 6. The molecular formula is C20H23F2N10O9P. The van der Waals surface area contributed by atoms with Crippen molar-refractivity contribution >= 4 is 41.7 Å². The van der Waals surface area contributed by atoms with Crippen molar-refractivity contribution < 1.29 is 47.2 Å². The summed E-state index contributed by atoms with van der Waals surface area (Å²) >= 11 is 0. The van der Waals surface area contributed by atoms with Crippen molar-refractivity contribution in [2.75, 3.05) is 24.4 Å². The first-order chi connectivity index (χ1) is 20.0. The number of rotatable bonds is 8. The Balaban J connectivity index is 1.19. The molecule has 6 rings (SSSR count). The number of nitrogens with one attached hydrogen (secondary N) is 1. The van der Waals surface area contributed by atoms with E-state index in [0.717, 1.165) is 28.1 Å². The number of anilines is 2. The molecule has 22 heteroatoms. The lowest BCUT2D eigenvalue weighted by Gasteiger charge is -2.24. The number of nitrogen functional groups attached to an aromatic ring is 2. The van der Waals surface area contributed by atoms with E-state index in [2.05, 4.69) is 29.9 Å². The van der Waals surface area contributed by atoms with Gasteiger partial charge in [-0.15, -0.1) is 0 Å². The average Bonchev–Trinajstić information content (AvgIpc) is 3.69. The Hall–Kier alpha value is -3.69. The summed E-state index contributed by atoms with van der Waals surface area (Å²) in [7, 11) is -4.90. The number of nitrogens with zero attached hydrogens (tertiary/aromatic N) is 7. The zero-order valence-electron chi connectivity index (χ0n) is 21.0. The molecule has 2 aliphatic heterocycles. The third-order valence-electron chi connectivity index (χ3n) is 6.67. The van der Waals surface area contributed by atoms with Gasteiger partial charge in [-0.2, -0.15) is 4.98 Å². The van der Waals surface area contributed by atoms with Crippen LogP contribution >= 0.6 is 7.60 Å².